The number of benzene rings is 1. The van der Waals surface area contributed by atoms with Gasteiger partial charge in [0.1, 0.15) is 5.00 Å². The van der Waals surface area contributed by atoms with Crippen LogP contribution >= 0.6 is 23.6 Å². The fraction of sp³-hybridized carbons (Fsp3) is 0.400. The smallest absolute Gasteiger partial charge is 0.341 e. The van der Waals surface area contributed by atoms with Crippen molar-refractivity contribution in [2.24, 2.45) is 0 Å². The van der Waals surface area contributed by atoms with Crippen molar-refractivity contribution in [1.82, 2.24) is 4.72 Å². The van der Waals surface area contributed by atoms with Gasteiger partial charge in [0.2, 0.25) is 10.0 Å². The highest BCUT2D eigenvalue weighted by Crippen LogP contribution is 2.38. The first-order valence-electron chi connectivity index (χ1n) is 9.76. The summed E-state index contributed by atoms with van der Waals surface area (Å²) in [5.41, 5.74) is 2.27. The van der Waals surface area contributed by atoms with Crippen LogP contribution in [0.5, 0.6) is 0 Å². The molecule has 10 heteroatoms. The molecule has 1 heterocycles. The van der Waals surface area contributed by atoms with Crippen molar-refractivity contribution in [1.29, 1.82) is 0 Å². The molecule has 1 aliphatic carbocycles. The lowest BCUT2D eigenvalue weighted by atomic mass is 10.1. The van der Waals surface area contributed by atoms with Gasteiger partial charge in [-0.25, -0.2) is 17.9 Å². The zero-order chi connectivity index (χ0) is 21.7. The number of ether oxygens (including phenoxy) is 1. The highest BCUT2D eigenvalue weighted by Gasteiger charge is 2.25. The lowest BCUT2D eigenvalue weighted by Gasteiger charge is -2.12. The highest BCUT2D eigenvalue weighted by atomic mass is 32.2. The molecule has 0 unspecified atom stereocenters. The summed E-state index contributed by atoms with van der Waals surface area (Å²) in [4.78, 5) is 13.8. The van der Waals surface area contributed by atoms with Crippen LogP contribution in [0, 0.1) is 0 Å². The molecule has 0 saturated carbocycles. The van der Waals surface area contributed by atoms with Gasteiger partial charge in [0.15, 0.2) is 5.11 Å². The Morgan fingerprint density at radius 1 is 1.13 bits per heavy atom. The SMILES string of the molecule is CCNS(=O)(=O)c1ccc(NC(=S)Nc2sc3c(c2C(=O)OC)CCCCC3)cc1. The van der Waals surface area contributed by atoms with Crippen molar-refractivity contribution < 1.29 is 17.9 Å². The summed E-state index contributed by atoms with van der Waals surface area (Å²) in [5, 5.41) is 7.16. The van der Waals surface area contributed by atoms with Crippen LogP contribution in [-0.4, -0.2) is 33.2 Å². The molecular formula is C20H25N3O4S3. The topological polar surface area (TPSA) is 96.5 Å². The van der Waals surface area contributed by atoms with Crippen LogP contribution in [-0.2, 0) is 27.6 Å². The Labute approximate surface area is 186 Å². The van der Waals surface area contributed by atoms with Gasteiger partial charge in [0.25, 0.3) is 0 Å². The van der Waals surface area contributed by atoms with E-state index in [0.717, 1.165) is 37.7 Å². The van der Waals surface area contributed by atoms with Gasteiger partial charge in [-0.15, -0.1) is 11.3 Å². The number of thiophene rings is 1. The lowest BCUT2D eigenvalue weighted by molar-refractivity contribution is 0.0601. The molecular weight excluding hydrogens is 442 g/mol. The number of carbonyl (C=O) groups excluding carboxylic acids is 1. The molecule has 0 atom stereocenters. The third-order valence-corrected chi connectivity index (χ3v) is 7.77. The number of carbonyl (C=O) groups is 1. The molecule has 1 aliphatic rings. The van der Waals surface area contributed by atoms with Crippen molar-refractivity contribution in [2.45, 2.75) is 43.9 Å². The van der Waals surface area contributed by atoms with Crippen LogP contribution < -0.4 is 15.4 Å². The van der Waals surface area contributed by atoms with E-state index < -0.39 is 10.0 Å². The normalized spacial score (nSPS) is 13.8. The van der Waals surface area contributed by atoms with E-state index in [1.807, 2.05) is 0 Å². The maximum absolute atomic E-state index is 12.4. The number of aryl methyl sites for hydroxylation is 1. The van der Waals surface area contributed by atoms with E-state index in [4.69, 9.17) is 17.0 Å². The molecule has 2 aromatic rings. The summed E-state index contributed by atoms with van der Waals surface area (Å²) in [6.07, 6.45) is 5.13. The maximum atomic E-state index is 12.4. The van der Waals surface area contributed by atoms with Gasteiger partial charge in [0, 0.05) is 17.1 Å². The zero-order valence-electron chi connectivity index (χ0n) is 16.9. The molecule has 0 saturated heterocycles. The fourth-order valence-corrected chi connectivity index (χ4v) is 6.01. The summed E-state index contributed by atoms with van der Waals surface area (Å²) >= 11 is 6.96. The molecule has 162 valence electrons. The molecule has 0 aliphatic heterocycles. The fourth-order valence-electron chi connectivity index (χ4n) is 3.40. The Morgan fingerprint density at radius 3 is 2.50 bits per heavy atom. The molecule has 0 bridgehead atoms. The van der Waals surface area contributed by atoms with Crippen LogP contribution in [0.2, 0.25) is 0 Å². The van der Waals surface area contributed by atoms with Crippen LogP contribution in [0.25, 0.3) is 0 Å². The van der Waals surface area contributed by atoms with Gasteiger partial charge < -0.3 is 15.4 Å². The average molecular weight is 468 g/mol. The van der Waals surface area contributed by atoms with Crippen LogP contribution in [0.3, 0.4) is 0 Å². The molecule has 1 aromatic carbocycles. The van der Waals surface area contributed by atoms with Crippen molar-refractivity contribution in [3.8, 4) is 0 Å². The minimum absolute atomic E-state index is 0.184. The van der Waals surface area contributed by atoms with E-state index in [-0.39, 0.29) is 10.9 Å². The van der Waals surface area contributed by atoms with E-state index in [1.165, 1.54) is 24.1 Å². The molecule has 7 nitrogen and oxygen atoms in total. The number of thiocarbonyl (C=S) groups is 1. The van der Waals surface area contributed by atoms with E-state index in [9.17, 15) is 13.2 Å². The number of hydrogen-bond acceptors (Lipinski definition) is 6. The van der Waals surface area contributed by atoms with Gasteiger partial charge in [-0.3, -0.25) is 0 Å². The summed E-state index contributed by atoms with van der Waals surface area (Å²) in [5.74, 6) is -0.363. The molecule has 0 radical (unpaired) electrons. The van der Waals surface area contributed by atoms with Crippen LogP contribution in [0.4, 0.5) is 10.7 Å². The summed E-state index contributed by atoms with van der Waals surface area (Å²) < 4.78 is 31.6. The Hall–Kier alpha value is -2.01. The van der Waals surface area contributed by atoms with Crippen molar-refractivity contribution >= 4 is 55.3 Å². The number of anilines is 2. The first-order chi connectivity index (χ1) is 14.4. The number of esters is 1. The maximum Gasteiger partial charge on any atom is 0.341 e. The first-order valence-corrected chi connectivity index (χ1v) is 12.5. The Balaban J connectivity index is 1.76. The van der Waals surface area contributed by atoms with Gasteiger partial charge in [-0.05, 0) is 67.7 Å². The van der Waals surface area contributed by atoms with E-state index in [1.54, 1.807) is 30.4 Å². The first kappa shape index (κ1) is 22.7. The number of hydrogen-bond donors (Lipinski definition) is 3. The average Bonchev–Trinajstić information content (AvgIpc) is 2.88. The largest absolute Gasteiger partial charge is 0.465 e. The highest BCUT2D eigenvalue weighted by molar-refractivity contribution is 7.89. The van der Waals surface area contributed by atoms with Gasteiger partial charge in [0.05, 0.1) is 17.6 Å². The van der Waals surface area contributed by atoms with E-state index >= 15 is 0 Å². The molecule has 0 spiro atoms. The number of nitrogens with one attached hydrogen (secondary N) is 3. The van der Waals surface area contributed by atoms with E-state index in [0.29, 0.717) is 27.9 Å². The monoisotopic (exact) mass is 467 g/mol. The Kier molecular flexibility index (Phi) is 7.45. The molecule has 0 amide bonds. The van der Waals surface area contributed by atoms with Gasteiger partial charge >= 0.3 is 5.97 Å². The predicted molar refractivity (Wildman–Crippen MR) is 124 cm³/mol. The number of sulfonamides is 1. The molecule has 1 aromatic heterocycles. The Bertz CT molecular complexity index is 1030. The van der Waals surface area contributed by atoms with Gasteiger partial charge in [-0.2, -0.15) is 0 Å². The van der Waals surface area contributed by atoms with Crippen molar-refractivity contribution in [3.05, 3.63) is 40.3 Å². The summed E-state index contributed by atoms with van der Waals surface area (Å²) in [6, 6.07) is 6.30. The second kappa shape index (κ2) is 9.86. The second-order valence-corrected chi connectivity index (χ2v) is 10.1. The molecule has 3 rings (SSSR count). The second-order valence-electron chi connectivity index (χ2n) is 6.86. The standard InChI is InChI=1S/C20H25N3O4S3/c1-3-21-30(25,26)14-11-9-13(10-12-14)22-20(28)23-18-17(19(24)27-2)15-7-5-4-6-8-16(15)29-18/h9-12,21H,3-8H2,1-2H3,(H2,22,23,28). The lowest BCUT2D eigenvalue weighted by Crippen LogP contribution is -2.23. The number of fused-ring (bicyclic) bond motifs is 1. The van der Waals surface area contributed by atoms with Crippen LogP contribution in [0.1, 0.15) is 47.0 Å². The molecule has 3 N–H and O–H groups in total. The molecule has 30 heavy (non-hydrogen) atoms. The Morgan fingerprint density at radius 2 is 1.83 bits per heavy atom. The third kappa shape index (κ3) is 5.18. The quantitative estimate of drug-likeness (QED) is 0.337. The molecule has 0 fully saturated rings. The summed E-state index contributed by atoms with van der Waals surface area (Å²) in [6.45, 7) is 2.05. The van der Waals surface area contributed by atoms with E-state index in [2.05, 4.69) is 15.4 Å². The van der Waals surface area contributed by atoms with Gasteiger partial charge in [-0.1, -0.05) is 13.3 Å². The van der Waals surface area contributed by atoms with Crippen molar-refractivity contribution in [2.75, 3.05) is 24.3 Å². The zero-order valence-corrected chi connectivity index (χ0v) is 19.4. The minimum atomic E-state index is -3.50. The third-order valence-electron chi connectivity index (χ3n) is 4.79. The summed E-state index contributed by atoms with van der Waals surface area (Å²) in [7, 11) is -2.12. The van der Waals surface area contributed by atoms with Crippen LogP contribution in [0.15, 0.2) is 29.2 Å². The minimum Gasteiger partial charge on any atom is -0.465 e. The predicted octanol–water partition coefficient (Wildman–Crippen LogP) is 3.91. The number of methoxy groups -OCH3 is 1. The number of rotatable bonds is 6. The van der Waals surface area contributed by atoms with Crippen molar-refractivity contribution in [3.63, 3.8) is 0 Å².